The first-order valence-electron chi connectivity index (χ1n) is 8.06. The lowest BCUT2D eigenvalue weighted by molar-refractivity contribution is 0.0474. The second-order valence-electron chi connectivity index (χ2n) is 5.88. The molecule has 1 saturated heterocycles. The van der Waals surface area contributed by atoms with E-state index in [9.17, 15) is 9.90 Å². The quantitative estimate of drug-likeness (QED) is 0.886. The first-order valence-corrected chi connectivity index (χ1v) is 8.94. The van der Waals surface area contributed by atoms with E-state index in [1.165, 1.54) is 4.88 Å². The number of thiophene rings is 1. The fourth-order valence-corrected chi connectivity index (χ4v) is 3.58. The van der Waals surface area contributed by atoms with Crippen molar-refractivity contribution in [2.24, 2.45) is 0 Å². The zero-order chi connectivity index (χ0) is 16.1. The Kier molecular flexibility index (Phi) is 5.31. The molecule has 1 aromatic carbocycles. The van der Waals surface area contributed by atoms with Crippen LogP contribution in [0.4, 0.5) is 5.69 Å². The van der Waals surface area contributed by atoms with Gasteiger partial charge in [-0.3, -0.25) is 4.79 Å². The van der Waals surface area contributed by atoms with Crippen LogP contribution in [0.5, 0.6) is 0 Å². The summed E-state index contributed by atoms with van der Waals surface area (Å²) in [6.07, 6.45) is 2.24. The molecule has 0 bridgehead atoms. The molecule has 4 nitrogen and oxygen atoms in total. The number of anilines is 1. The number of hydrogen-bond acceptors (Lipinski definition) is 4. The van der Waals surface area contributed by atoms with Crippen molar-refractivity contribution in [2.45, 2.75) is 25.4 Å². The first kappa shape index (κ1) is 16.0. The fourth-order valence-electron chi connectivity index (χ4n) is 2.87. The second kappa shape index (κ2) is 7.62. The van der Waals surface area contributed by atoms with Crippen LogP contribution in [0.3, 0.4) is 0 Å². The monoisotopic (exact) mass is 330 g/mol. The van der Waals surface area contributed by atoms with Crippen molar-refractivity contribution < 1.29 is 9.90 Å². The van der Waals surface area contributed by atoms with Gasteiger partial charge in [0.2, 0.25) is 0 Å². The summed E-state index contributed by atoms with van der Waals surface area (Å²) in [5.41, 5.74) is 1.64. The fraction of sp³-hybridized carbons (Fsp3) is 0.389. The average Bonchev–Trinajstić information content (AvgIpc) is 3.08. The minimum Gasteiger partial charge on any atom is -0.391 e. The molecule has 2 N–H and O–H groups in total. The lowest BCUT2D eigenvalue weighted by atomic mass is 10.1. The maximum Gasteiger partial charge on any atom is 0.254 e. The van der Waals surface area contributed by atoms with Gasteiger partial charge in [0.15, 0.2) is 0 Å². The number of benzene rings is 1. The molecule has 1 aromatic heterocycles. The zero-order valence-electron chi connectivity index (χ0n) is 13.1. The summed E-state index contributed by atoms with van der Waals surface area (Å²) >= 11 is 1.76. The molecule has 0 aliphatic carbocycles. The molecule has 1 amide bonds. The van der Waals surface area contributed by atoms with Crippen molar-refractivity contribution >= 4 is 22.9 Å². The van der Waals surface area contributed by atoms with Crippen molar-refractivity contribution in [3.63, 3.8) is 0 Å². The van der Waals surface area contributed by atoms with Gasteiger partial charge in [-0.1, -0.05) is 12.1 Å². The normalized spacial score (nSPS) is 18.0. The van der Waals surface area contributed by atoms with Crippen molar-refractivity contribution in [2.75, 3.05) is 25.0 Å². The number of nitrogens with one attached hydrogen (secondary N) is 1. The summed E-state index contributed by atoms with van der Waals surface area (Å²) < 4.78 is 0. The van der Waals surface area contributed by atoms with E-state index < -0.39 is 0 Å². The second-order valence-corrected chi connectivity index (χ2v) is 6.92. The number of carbonyl (C=O) groups excluding carboxylic acids is 1. The Labute approximate surface area is 140 Å². The summed E-state index contributed by atoms with van der Waals surface area (Å²) in [6, 6.07) is 11.8. The molecule has 1 aliphatic heterocycles. The Bertz CT molecular complexity index is 642. The molecule has 3 rings (SSSR count). The summed E-state index contributed by atoms with van der Waals surface area (Å²) in [7, 11) is 0. The van der Waals surface area contributed by atoms with Crippen LogP contribution in [-0.4, -0.2) is 41.7 Å². The molecule has 0 radical (unpaired) electrons. The highest BCUT2D eigenvalue weighted by Gasteiger charge is 2.23. The van der Waals surface area contributed by atoms with Gasteiger partial charge in [0.05, 0.1) is 6.10 Å². The van der Waals surface area contributed by atoms with E-state index in [1.54, 1.807) is 16.2 Å². The number of aliphatic hydroxyl groups is 1. The third-order valence-electron chi connectivity index (χ3n) is 4.07. The molecule has 0 saturated carbocycles. The molecule has 1 unspecified atom stereocenters. The standard InChI is InChI=1S/C18H22N2O2S/c21-16-6-2-10-20(13-16)18(22)14-4-1-5-15(12-14)19-9-8-17-7-3-11-23-17/h1,3-5,7,11-12,16,19,21H,2,6,8-10,13H2. The minimum absolute atomic E-state index is 0.00524. The van der Waals surface area contributed by atoms with E-state index in [0.717, 1.165) is 38.0 Å². The Morgan fingerprint density at radius 1 is 1.35 bits per heavy atom. The third kappa shape index (κ3) is 4.33. The lowest BCUT2D eigenvalue weighted by Crippen LogP contribution is -2.42. The number of piperidine rings is 1. The van der Waals surface area contributed by atoms with Crippen LogP contribution in [0.15, 0.2) is 41.8 Å². The summed E-state index contributed by atoms with van der Waals surface area (Å²) in [6.45, 7) is 2.02. The molecule has 1 aliphatic rings. The van der Waals surface area contributed by atoms with Gasteiger partial charge in [-0.05, 0) is 48.9 Å². The van der Waals surface area contributed by atoms with Crippen molar-refractivity contribution in [1.29, 1.82) is 0 Å². The number of β-amino-alcohol motifs (C(OH)–C–C–N with tert-alkyl or cyclic N) is 1. The van der Waals surface area contributed by atoms with E-state index in [2.05, 4.69) is 22.8 Å². The maximum absolute atomic E-state index is 12.5. The highest BCUT2D eigenvalue weighted by molar-refractivity contribution is 7.09. The molecule has 23 heavy (non-hydrogen) atoms. The van der Waals surface area contributed by atoms with E-state index in [4.69, 9.17) is 0 Å². The number of amides is 1. The largest absolute Gasteiger partial charge is 0.391 e. The highest BCUT2D eigenvalue weighted by Crippen LogP contribution is 2.17. The van der Waals surface area contributed by atoms with Crippen LogP contribution in [0.25, 0.3) is 0 Å². The minimum atomic E-state index is -0.389. The van der Waals surface area contributed by atoms with Gasteiger partial charge in [-0.25, -0.2) is 0 Å². The highest BCUT2D eigenvalue weighted by atomic mass is 32.1. The molecule has 2 heterocycles. The first-order chi connectivity index (χ1) is 11.2. The van der Waals surface area contributed by atoms with E-state index in [-0.39, 0.29) is 12.0 Å². The molecular formula is C18H22N2O2S. The van der Waals surface area contributed by atoms with Crippen LogP contribution in [-0.2, 0) is 6.42 Å². The van der Waals surface area contributed by atoms with E-state index >= 15 is 0 Å². The molecule has 2 aromatic rings. The Morgan fingerprint density at radius 2 is 2.26 bits per heavy atom. The predicted molar refractivity (Wildman–Crippen MR) is 94.1 cm³/mol. The van der Waals surface area contributed by atoms with E-state index in [1.807, 2.05) is 24.3 Å². The summed E-state index contributed by atoms with van der Waals surface area (Å²) in [5, 5.41) is 15.2. The smallest absolute Gasteiger partial charge is 0.254 e. The van der Waals surface area contributed by atoms with Crippen LogP contribution in [0, 0.1) is 0 Å². The number of hydrogen-bond donors (Lipinski definition) is 2. The average molecular weight is 330 g/mol. The van der Waals surface area contributed by atoms with Crippen LogP contribution in [0.2, 0.25) is 0 Å². The van der Waals surface area contributed by atoms with Crippen molar-refractivity contribution in [1.82, 2.24) is 4.90 Å². The van der Waals surface area contributed by atoms with Gasteiger partial charge < -0.3 is 15.3 Å². The van der Waals surface area contributed by atoms with Crippen LogP contribution in [0.1, 0.15) is 28.1 Å². The number of aliphatic hydroxyl groups excluding tert-OH is 1. The molecule has 5 heteroatoms. The molecule has 1 fully saturated rings. The Balaban J connectivity index is 1.59. The number of likely N-dealkylation sites (tertiary alicyclic amines) is 1. The number of rotatable bonds is 5. The lowest BCUT2D eigenvalue weighted by Gasteiger charge is -2.30. The zero-order valence-corrected chi connectivity index (χ0v) is 13.9. The molecular weight excluding hydrogens is 308 g/mol. The summed E-state index contributed by atoms with van der Waals surface area (Å²) in [4.78, 5) is 15.6. The van der Waals surface area contributed by atoms with Crippen molar-refractivity contribution in [3.05, 3.63) is 52.2 Å². The van der Waals surface area contributed by atoms with Gasteiger partial charge >= 0.3 is 0 Å². The van der Waals surface area contributed by atoms with Gasteiger partial charge in [0.25, 0.3) is 5.91 Å². The SMILES string of the molecule is O=C(c1cccc(NCCc2cccs2)c1)N1CCCC(O)C1. The Morgan fingerprint density at radius 3 is 3.04 bits per heavy atom. The summed E-state index contributed by atoms with van der Waals surface area (Å²) in [5.74, 6) is 0.00524. The van der Waals surface area contributed by atoms with E-state index in [0.29, 0.717) is 12.1 Å². The Hall–Kier alpha value is -1.85. The van der Waals surface area contributed by atoms with Crippen molar-refractivity contribution in [3.8, 4) is 0 Å². The van der Waals surface area contributed by atoms with Crippen LogP contribution < -0.4 is 5.32 Å². The molecule has 0 spiro atoms. The predicted octanol–water partition coefficient (Wildman–Crippen LogP) is 3.00. The molecule has 1 atom stereocenters. The topological polar surface area (TPSA) is 52.6 Å². The maximum atomic E-state index is 12.5. The third-order valence-corrected chi connectivity index (χ3v) is 5.01. The molecule has 122 valence electrons. The van der Waals surface area contributed by atoms with Crippen LogP contribution >= 0.6 is 11.3 Å². The van der Waals surface area contributed by atoms with Gasteiger partial charge in [-0.15, -0.1) is 11.3 Å². The van der Waals surface area contributed by atoms with Gasteiger partial charge in [-0.2, -0.15) is 0 Å². The number of nitrogens with zero attached hydrogens (tertiary/aromatic N) is 1. The van der Waals surface area contributed by atoms with Gasteiger partial charge in [0, 0.05) is 35.8 Å². The number of carbonyl (C=O) groups is 1. The van der Waals surface area contributed by atoms with Gasteiger partial charge in [0.1, 0.15) is 0 Å².